The van der Waals surface area contributed by atoms with Gasteiger partial charge in [-0.05, 0) is 61.4 Å². The highest BCUT2D eigenvalue weighted by atomic mass is 16.5. The first-order chi connectivity index (χ1) is 18.9. The summed E-state index contributed by atoms with van der Waals surface area (Å²) in [4.78, 5) is 33.7. The van der Waals surface area contributed by atoms with Gasteiger partial charge in [0.05, 0.1) is 17.1 Å². The second-order valence-electron chi connectivity index (χ2n) is 10.5. The zero-order valence-corrected chi connectivity index (χ0v) is 22.3. The lowest BCUT2D eigenvalue weighted by atomic mass is 9.81. The standard InChI is InChI=1S/C29H32N6O4/c1-17(36)31-27-14-22(10-11-30-27)39-21-7-8-23-25(13-21)34(2)29(32-23)33-24-12-20(18-4-5-18)16-35(28(24)37)15-19-6-9-26(19)38-3/h7-8,10-14,16,18-19,26H,4-6,9,15H2,1-3H3,(H,32,33)(H,30,31,36)/t19-,26-/m1/s1. The van der Waals surface area contributed by atoms with Gasteiger partial charge in [0, 0.05) is 58.1 Å². The molecule has 0 aliphatic heterocycles. The van der Waals surface area contributed by atoms with E-state index in [2.05, 4.69) is 15.6 Å². The number of benzene rings is 1. The highest BCUT2D eigenvalue weighted by molar-refractivity contribution is 5.87. The van der Waals surface area contributed by atoms with Crippen molar-refractivity contribution in [1.82, 2.24) is 19.1 Å². The molecule has 2 saturated carbocycles. The first-order valence-corrected chi connectivity index (χ1v) is 13.3. The number of amides is 1. The molecule has 0 bridgehead atoms. The number of hydrogen-bond donors (Lipinski definition) is 2. The van der Waals surface area contributed by atoms with Gasteiger partial charge in [0.15, 0.2) is 0 Å². The molecule has 39 heavy (non-hydrogen) atoms. The molecular formula is C29H32N6O4. The number of aryl methyl sites for hydroxylation is 1. The number of nitrogens with one attached hydrogen (secondary N) is 2. The number of aromatic nitrogens is 4. The summed E-state index contributed by atoms with van der Waals surface area (Å²) in [6.07, 6.45) is 8.26. The van der Waals surface area contributed by atoms with E-state index in [0.717, 1.165) is 36.7 Å². The zero-order valence-electron chi connectivity index (χ0n) is 22.3. The quantitative estimate of drug-likeness (QED) is 0.317. The van der Waals surface area contributed by atoms with Crippen LogP contribution in [-0.2, 0) is 23.1 Å². The van der Waals surface area contributed by atoms with Crippen molar-refractivity contribution in [1.29, 1.82) is 0 Å². The summed E-state index contributed by atoms with van der Waals surface area (Å²) >= 11 is 0. The molecule has 0 spiro atoms. The molecule has 6 rings (SSSR count). The van der Waals surface area contributed by atoms with E-state index in [1.54, 1.807) is 25.4 Å². The third-order valence-electron chi connectivity index (χ3n) is 7.61. The number of carbonyl (C=O) groups excluding carboxylic acids is 1. The number of carbonyl (C=O) groups is 1. The summed E-state index contributed by atoms with van der Waals surface area (Å²) in [6.45, 7) is 2.09. The topological polar surface area (TPSA) is 112 Å². The molecule has 0 radical (unpaired) electrons. The van der Waals surface area contributed by atoms with Crippen molar-refractivity contribution >= 4 is 34.4 Å². The largest absolute Gasteiger partial charge is 0.457 e. The highest BCUT2D eigenvalue weighted by Crippen LogP contribution is 2.41. The van der Waals surface area contributed by atoms with Crippen molar-refractivity contribution in [2.24, 2.45) is 13.0 Å². The molecule has 2 atom stereocenters. The van der Waals surface area contributed by atoms with Crippen LogP contribution in [-0.4, -0.2) is 38.2 Å². The van der Waals surface area contributed by atoms with Gasteiger partial charge in [-0.1, -0.05) is 0 Å². The molecule has 3 heterocycles. The molecule has 2 N–H and O–H groups in total. The monoisotopic (exact) mass is 528 g/mol. The predicted octanol–water partition coefficient (Wildman–Crippen LogP) is 4.93. The third kappa shape index (κ3) is 5.24. The van der Waals surface area contributed by atoms with Crippen molar-refractivity contribution in [3.8, 4) is 11.5 Å². The maximum absolute atomic E-state index is 13.5. The van der Waals surface area contributed by atoms with E-state index < -0.39 is 0 Å². The fourth-order valence-corrected chi connectivity index (χ4v) is 5.16. The molecule has 1 aromatic carbocycles. The van der Waals surface area contributed by atoms with Gasteiger partial charge in [0.25, 0.3) is 5.56 Å². The molecule has 1 amide bonds. The lowest BCUT2D eigenvalue weighted by Crippen LogP contribution is -2.38. The molecule has 3 aromatic heterocycles. The van der Waals surface area contributed by atoms with Crippen LogP contribution < -0.4 is 20.9 Å². The second-order valence-corrected chi connectivity index (χ2v) is 10.5. The number of nitrogens with zero attached hydrogens (tertiary/aromatic N) is 4. The predicted molar refractivity (Wildman–Crippen MR) is 149 cm³/mol. The van der Waals surface area contributed by atoms with Gasteiger partial charge in [0.2, 0.25) is 11.9 Å². The van der Waals surface area contributed by atoms with Crippen LogP contribution in [0.2, 0.25) is 0 Å². The van der Waals surface area contributed by atoms with E-state index in [9.17, 15) is 9.59 Å². The number of methoxy groups -OCH3 is 1. The maximum atomic E-state index is 13.5. The molecule has 10 nitrogen and oxygen atoms in total. The minimum atomic E-state index is -0.201. The van der Waals surface area contributed by atoms with Gasteiger partial charge < -0.3 is 29.2 Å². The normalized spacial score (nSPS) is 18.5. The Labute approximate surface area is 226 Å². The third-order valence-corrected chi connectivity index (χ3v) is 7.61. The molecule has 202 valence electrons. The molecule has 4 aromatic rings. The van der Waals surface area contributed by atoms with Crippen LogP contribution in [0, 0.1) is 5.92 Å². The van der Waals surface area contributed by atoms with Crippen LogP contribution in [0.4, 0.5) is 17.5 Å². The molecule has 0 unspecified atom stereocenters. The highest BCUT2D eigenvalue weighted by Gasteiger charge is 2.32. The number of pyridine rings is 2. The fourth-order valence-electron chi connectivity index (χ4n) is 5.16. The van der Waals surface area contributed by atoms with Crippen molar-refractivity contribution in [3.05, 3.63) is 64.7 Å². The lowest BCUT2D eigenvalue weighted by Gasteiger charge is -2.35. The van der Waals surface area contributed by atoms with Crippen LogP contribution in [0.5, 0.6) is 11.5 Å². The van der Waals surface area contributed by atoms with E-state index in [-0.39, 0.29) is 17.6 Å². The van der Waals surface area contributed by atoms with Crippen molar-refractivity contribution in [2.45, 2.75) is 51.2 Å². The number of rotatable bonds is 9. The summed E-state index contributed by atoms with van der Waals surface area (Å²) in [5, 5.41) is 5.98. The number of fused-ring (bicyclic) bond motifs is 1. The Morgan fingerprint density at radius 3 is 2.64 bits per heavy atom. The average molecular weight is 529 g/mol. The fraction of sp³-hybridized carbons (Fsp3) is 0.379. The van der Waals surface area contributed by atoms with Crippen molar-refractivity contribution in [3.63, 3.8) is 0 Å². The zero-order chi connectivity index (χ0) is 27.1. The van der Waals surface area contributed by atoms with Gasteiger partial charge in [-0.3, -0.25) is 9.59 Å². The molecule has 0 saturated heterocycles. The van der Waals surface area contributed by atoms with Gasteiger partial charge >= 0.3 is 0 Å². The maximum Gasteiger partial charge on any atom is 0.274 e. The SMILES string of the molecule is CO[C@@H]1CC[C@@H]1Cn1cc(C2CC2)cc(Nc2nc3ccc(Oc4ccnc(NC(C)=O)c4)cc3n2C)c1=O. The van der Waals surface area contributed by atoms with Crippen molar-refractivity contribution < 1.29 is 14.3 Å². The van der Waals surface area contributed by atoms with Crippen LogP contribution in [0.15, 0.2) is 53.6 Å². The summed E-state index contributed by atoms with van der Waals surface area (Å²) in [6, 6.07) is 11.0. The molecule has 2 aliphatic carbocycles. The summed E-state index contributed by atoms with van der Waals surface area (Å²) in [7, 11) is 3.65. The number of hydrogen-bond acceptors (Lipinski definition) is 7. The minimum Gasteiger partial charge on any atom is -0.457 e. The number of imidazole rings is 1. The first-order valence-electron chi connectivity index (χ1n) is 13.3. The Kier molecular flexibility index (Phi) is 6.56. The molecule has 2 aliphatic rings. The van der Waals surface area contributed by atoms with Crippen LogP contribution in [0.25, 0.3) is 11.0 Å². The summed E-state index contributed by atoms with van der Waals surface area (Å²) < 4.78 is 15.4. The van der Waals surface area contributed by atoms with Crippen LogP contribution in [0.3, 0.4) is 0 Å². The van der Waals surface area contributed by atoms with E-state index in [1.807, 2.05) is 46.6 Å². The summed E-state index contributed by atoms with van der Waals surface area (Å²) in [5.74, 6) is 2.83. The smallest absolute Gasteiger partial charge is 0.274 e. The number of anilines is 3. The second kappa shape index (κ2) is 10.2. The van der Waals surface area contributed by atoms with Gasteiger partial charge in [0.1, 0.15) is 23.0 Å². The van der Waals surface area contributed by atoms with E-state index in [1.165, 1.54) is 12.5 Å². The Morgan fingerprint density at radius 1 is 1.10 bits per heavy atom. The van der Waals surface area contributed by atoms with Crippen LogP contribution in [0.1, 0.15) is 44.1 Å². The van der Waals surface area contributed by atoms with Gasteiger partial charge in [-0.25, -0.2) is 9.97 Å². The van der Waals surface area contributed by atoms with Crippen molar-refractivity contribution in [2.75, 3.05) is 17.7 Å². The summed E-state index contributed by atoms with van der Waals surface area (Å²) in [5.41, 5.74) is 3.30. The first kappa shape index (κ1) is 25.1. The molecule has 10 heteroatoms. The van der Waals surface area contributed by atoms with E-state index in [0.29, 0.717) is 47.3 Å². The van der Waals surface area contributed by atoms with E-state index >= 15 is 0 Å². The van der Waals surface area contributed by atoms with E-state index in [4.69, 9.17) is 14.5 Å². The number of ether oxygens (including phenoxy) is 2. The lowest BCUT2D eigenvalue weighted by molar-refractivity contribution is -0.114. The molecular weight excluding hydrogens is 496 g/mol. The Bertz CT molecular complexity index is 1600. The van der Waals surface area contributed by atoms with Gasteiger partial charge in [-0.2, -0.15) is 0 Å². The van der Waals surface area contributed by atoms with Crippen LogP contribution >= 0.6 is 0 Å². The Hall–Kier alpha value is -4.18. The Balaban J connectivity index is 1.27. The minimum absolute atomic E-state index is 0.0510. The Morgan fingerprint density at radius 2 is 1.92 bits per heavy atom. The van der Waals surface area contributed by atoms with Gasteiger partial charge in [-0.15, -0.1) is 0 Å². The average Bonchev–Trinajstić information content (AvgIpc) is 3.69. The molecule has 2 fully saturated rings.